The third-order valence-electron chi connectivity index (χ3n) is 2.56. The van der Waals surface area contributed by atoms with Gasteiger partial charge in [0.1, 0.15) is 5.54 Å². The fraction of sp³-hybridized carbons (Fsp3) is 0.714. The number of alkyl halides is 2. The van der Waals surface area contributed by atoms with Crippen LogP contribution in [-0.4, -0.2) is 23.2 Å². The molecule has 0 radical (unpaired) electrons. The van der Waals surface area contributed by atoms with E-state index in [1.807, 2.05) is 0 Å². The van der Waals surface area contributed by atoms with E-state index in [1.165, 1.54) is 0 Å². The van der Waals surface area contributed by atoms with Gasteiger partial charge >= 0.3 is 5.92 Å². The lowest BCUT2D eigenvalue weighted by Gasteiger charge is -2.35. The number of Topliss-reactive ketones (excluding diaryl/α,β-unsaturated/α-hetero) is 1. The van der Waals surface area contributed by atoms with Crippen molar-refractivity contribution in [2.45, 2.75) is 30.7 Å². The number of halogens is 2. The molecule has 1 spiro atoms. The number of amides is 1. The SMILES string of the molecule is O=C1NC2(CCC2)C(=O)C1(F)F. The molecule has 5 heteroatoms. The third-order valence-corrected chi connectivity index (χ3v) is 2.56. The normalized spacial score (nSPS) is 30.2. The van der Waals surface area contributed by atoms with Crippen LogP contribution in [0.5, 0.6) is 0 Å². The number of hydrogen-bond donors (Lipinski definition) is 1. The van der Waals surface area contributed by atoms with E-state index in [0.29, 0.717) is 12.8 Å². The van der Waals surface area contributed by atoms with Crippen molar-refractivity contribution in [3.8, 4) is 0 Å². The van der Waals surface area contributed by atoms with Crippen molar-refractivity contribution in [3.05, 3.63) is 0 Å². The van der Waals surface area contributed by atoms with E-state index in [0.717, 1.165) is 6.42 Å². The lowest BCUT2D eigenvalue weighted by molar-refractivity contribution is -0.152. The largest absolute Gasteiger partial charge is 0.383 e. The zero-order chi connectivity index (χ0) is 8.98. The van der Waals surface area contributed by atoms with E-state index >= 15 is 0 Å². The van der Waals surface area contributed by atoms with Gasteiger partial charge in [0.15, 0.2) is 0 Å². The molecule has 2 rings (SSSR count). The highest BCUT2D eigenvalue weighted by Gasteiger charge is 2.66. The monoisotopic (exact) mass is 175 g/mol. The highest BCUT2D eigenvalue weighted by Crippen LogP contribution is 2.42. The number of ketones is 1. The number of hydrogen-bond acceptors (Lipinski definition) is 2. The first kappa shape index (κ1) is 7.64. The van der Waals surface area contributed by atoms with Crippen molar-refractivity contribution < 1.29 is 18.4 Å². The fourth-order valence-corrected chi connectivity index (χ4v) is 1.64. The maximum absolute atomic E-state index is 12.7. The van der Waals surface area contributed by atoms with E-state index in [-0.39, 0.29) is 0 Å². The predicted molar refractivity (Wildman–Crippen MR) is 34.7 cm³/mol. The fourth-order valence-electron chi connectivity index (χ4n) is 1.64. The van der Waals surface area contributed by atoms with Gasteiger partial charge in [0.2, 0.25) is 5.78 Å². The summed E-state index contributed by atoms with van der Waals surface area (Å²) < 4.78 is 25.4. The third kappa shape index (κ3) is 0.640. The first-order valence-corrected chi connectivity index (χ1v) is 3.74. The van der Waals surface area contributed by atoms with E-state index in [4.69, 9.17) is 0 Å². The standard InChI is InChI=1S/C7H7F2NO2/c8-7(9)4(11)6(2-1-3-6)10-5(7)12/h1-3H2,(H,10,12). The van der Waals surface area contributed by atoms with Crippen molar-refractivity contribution in [1.29, 1.82) is 0 Å². The van der Waals surface area contributed by atoms with Crippen LogP contribution in [-0.2, 0) is 9.59 Å². The Morgan fingerprint density at radius 3 is 2.00 bits per heavy atom. The first-order chi connectivity index (χ1) is 5.49. The second kappa shape index (κ2) is 1.84. The number of nitrogens with one attached hydrogen (secondary N) is 1. The summed E-state index contributed by atoms with van der Waals surface area (Å²) in [6.07, 6.45) is 1.43. The van der Waals surface area contributed by atoms with Gasteiger partial charge in [-0.25, -0.2) is 0 Å². The zero-order valence-electron chi connectivity index (χ0n) is 6.19. The molecule has 1 aliphatic heterocycles. The molecule has 1 heterocycles. The molecule has 0 bridgehead atoms. The predicted octanol–water partition coefficient (Wildman–Crippen LogP) is 0.243. The van der Waals surface area contributed by atoms with Crippen molar-refractivity contribution in [1.82, 2.24) is 5.32 Å². The van der Waals surface area contributed by atoms with Gasteiger partial charge in [0, 0.05) is 0 Å². The number of carbonyl (C=O) groups is 2. The molecule has 0 aromatic carbocycles. The van der Waals surface area contributed by atoms with Crippen molar-refractivity contribution in [2.75, 3.05) is 0 Å². The number of rotatable bonds is 0. The summed E-state index contributed by atoms with van der Waals surface area (Å²) in [4.78, 5) is 21.6. The van der Waals surface area contributed by atoms with Crippen LogP contribution in [0.1, 0.15) is 19.3 Å². The van der Waals surface area contributed by atoms with Crippen LogP contribution in [0.2, 0.25) is 0 Å². The van der Waals surface area contributed by atoms with Gasteiger partial charge < -0.3 is 5.32 Å². The molecule has 0 aromatic rings. The average Bonchev–Trinajstić information content (AvgIpc) is 2.09. The van der Waals surface area contributed by atoms with Gasteiger partial charge in [0.25, 0.3) is 5.91 Å². The van der Waals surface area contributed by atoms with E-state index in [1.54, 1.807) is 0 Å². The van der Waals surface area contributed by atoms with Gasteiger partial charge in [-0.2, -0.15) is 8.78 Å². The summed E-state index contributed by atoms with van der Waals surface area (Å²) in [6.45, 7) is 0. The summed E-state index contributed by atoms with van der Waals surface area (Å²) in [5.41, 5.74) is -1.21. The van der Waals surface area contributed by atoms with Gasteiger partial charge in [-0.3, -0.25) is 9.59 Å². The molecule has 0 atom stereocenters. The highest BCUT2D eigenvalue weighted by atomic mass is 19.3. The molecule has 1 aliphatic carbocycles. The minimum atomic E-state index is -3.79. The van der Waals surface area contributed by atoms with Crippen LogP contribution < -0.4 is 5.32 Å². The lowest BCUT2D eigenvalue weighted by atomic mass is 9.74. The Balaban J connectivity index is 2.36. The minimum Gasteiger partial charge on any atom is -0.338 e. The second-order valence-electron chi connectivity index (χ2n) is 3.29. The second-order valence-corrected chi connectivity index (χ2v) is 3.29. The van der Waals surface area contributed by atoms with E-state index < -0.39 is 23.2 Å². The minimum absolute atomic E-state index is 0.354. The highest BCUT2D eigenvalue weighted by molar-refractivity contribution is 6.18. The topological polar surface area (TPSA) is 46.2 Å². The molecule has 66 valence electrons. The molecule has 0 aromatic heterocycles. The molecule has 1 amide bonds. The molecule has 0 unspecified atom stereocenters. The van der Waals surface area contributed by atoms with E-state index in [2.05, 4.69) is 5.32 Å². The van der Waals surface area contributed by atoms with Gasteiger partial charge in [-0.05, 0) is 19.3 Å². The zero-order valence-corrected chi connectivity index (χ0v) is 6.19. The Labute approximate surface area is 67.1 Å². The van der Waals surface area contributed by atoms with Crippen LogP contribution in [0, 0.1) is 0 Å². The van der Waals surface area contributed by atoms with Gasteiger partial charge in [0.05, 0.1) is 0 Å². The molecular formula is C7H7F2NO2. The Kier molecular flexibility index (Phi) is 1.17. The Morgan fingerprint density at radius 1 is 1.25 bits per heavy atom. The summed E-state index contributed by atoms with van der Waals surface area (Å²) in [5, 5.41) is 2.07. The van der Waals surface area contributed by atoms with Gasteiger partial charge in [-0.15, -0.1) is 0 Å². The van der Waals surface area contributed by atoms with Crippen LogP contribution in [0.15, 0.2) is 0 Å². The molecule has 2 fully saturated rings. The Hall–Kier alpha value is -1.00. The van der Waals surface area contributed by atoms with Crippen LogP contribution in [0.25, 0.3) is 0 Å². The molecule has 1 saturated heterocycles. The molecule has 3 nitrogen and oxygen atoms in total. The summed E-state index contributed by atoms with van der Waals surface area (Å²) in [7, 11) is 0. The van der Waals surface area contributed by atoms with Crippen LogP contribution in [0.4, 0.5) is 8.78 Å². The summed E-state index contributed by atoms with van der Waals surface area (Å²) in [6, 6.07) is 0. The number of carbonyl (C=O) groups excluding carboxylic acids is 2. The quantitative estimate of drug-likeness (QED) is 0.536. The van der Waals surface area contributed by atoms with Crippen molar-refractivity contribution in [2.24, 2.45) is 0 Å². The lowest BCUT2D eigenvalue weighted by Crippen LogP contribution is -2.52. The maximum atomic E-state index is 12.7. The molecular weight excluding hydrogens is 168 g/mol. The van der Waals surface area contributed by atoms with Crippen LogP contribution >= 0.6 is 0 Å². The Morgan fingerprint density at radius 2 is 1.83 bits per heavy atom. The first-order valence-electron chi connectivity index (χ1n) is 3.74. The molecule has 2 aliphatic rings. The molecule has 1 saturated carbocycles. The van der Waals surface area contributed by atoms with E-state index in [9.17, 15) is 18.4 Å². The van der Waals surface area contributed by atoms with Crippen molar-refractivity contribution in [3.63, 3.8) is 0 Å². The Bertz CT molecular complexity index is 271. The van der Waals surface area contributed by atoms with Crippen LogP contribution in [0.3, 0.4) is 0 Å². The smallest absolute Gasteiger partial charge is 0.338 e. The van der Waals surface area contributed by atoms with Crippen molar-refractivity contribution >= 4 is 11.7 Å². The summed E-state index contributed by atoms with van der Waals surface area (Å²) in [5.74, 6) is -6.47. The summed E-state index contributed by atoms with van der Waals surface area (Å²) >= 11 is 0. The maximum Gasteiger partial charge on any atom is 0.383 e. The molecule has 1 N–H and O–H groups in total. The van der Waals surface area contributed by atoms with Gasteiger partial charge in [-0.1, -0.05) is 0 Å². The average molecular weight is 175 g/mol. The molecule has 12 heavy (non-hydrogen) atoms.